The van der Waals surface area contributed by atoms with Crippen molar-refractivity contribution in [3.8, 4) is 0 Å². The van der Waals surface area contributed by atoms with Crippen LogP contribution in [0.4, 0.5) is 14.9 Å². The summed E-state index contributed by atoms with van der Waals surface area (Å²) < 4.78 is 11.8. The van der Waals surface area contributed by atoms with E-state index in [0.29, 0.717) is 11.6 Å². The van der Waals surface area contributed by atoms with Gasteiger partial charge in [0.15, 0.2) is 0 Å². The molecule has 4 heteroatoms. The Labute approximate surface area is 74.3 Å². The van der Waals surface area contributed by atoms with Gasteiger partial charge in [-0.25, -0.2) is 4.79 Å². The van der Waals surface area contributed by atoms with Crippen LogP contribution in [0.1, 0.15) is 5.56 Å². The smallest absolute Gasteiger partial charge is 0.298 e. The van der Waals surface area contributed by atoms with E-state index in [-0.39, 0.29) is 0 Å². The summed E-state index contributed by atoms with van der Waals surface area (Å²) in [7, 11) is 0. The van der Waals surface area contributed by atoms with E-state index in [1.54, 1.807) is 24.3 Å². The molecule has 1 amide bonds. The first-order valence-corrected chi connectivity index (χ1v) is 3.87. The molecule has 1 rings (SSSR count). The van der Waals surface area contributed by atoms with Crippen molar-refractivity contribution in [1.29, 1.82) is 0 Å². The molecule has 0 bridgehead atoms. The lowest BCUT2D eigenvalue weighted by atomic mass is 10.2. The second-order valence-corrected chi connectivity index (χ2v) is 2.50. The fraction of sp³-hybridized carbons (Fsp3) is 0.125. The largest absolute Gasteiger partial charge is 0.401 e. The predicted molar refractivity (Wildman–Crippen MR) is 46.1 cm³/mol. The fourth-order valence-electron chi connectivity index (χ4n) is 0.846. The molecule has 1 aromatic carbocycles. The van der Waals surface area contributed by atoms with Gasteiger partial charge in [0.05, 0.1) is 0 Å². The van der Waals surface area contributed by atoms with Crippen molar-refractivity contribution in [2.75, 3.05) is 5.32 Å². The number of halogens is 2. The lowest BCUT2D eigenvalue weighted by Gasteiger charge is -2.00. The summed E-state index contributed by atoms with van der Waals surface area (Å²) in [6.07, 6.45) is -1.57. The third-order valence-corrected chi connectivity index (χ3v) is 1.63. The Morgan fingerprint density at radius 3 is 2.92 bits per heavy atom. The molecular formula is C8H7ClFNO. The van der Waals surface area contributed by atoms with Gasteiger partial charge in [-0.1, -0.05) is 12.1 Å². The number of alkyl halides is 1. The second kappa shape index (κ2) is 4.07. The average molecular weight is 188 g/mol. The van der Waals surface area contributed by atoms with E-state index in [1.165, 1.54) is 0 Å². The van der Waals surface area contributed by atoms with Gasteiger partial charge in [-0.2, -0.15) is 0 Å². The molecule has 0 heterocycles. The molecule has 0 radical (unpaired) electrons. The standard InChI is InChI=1S/C8H7ClFNO/c9-5-6-2-1-3-7(4-6)11-8(10)12/h1-4H,5H2,(H,11,12). The first-order valence-electron chi connectivity index (χ1n) is 3.34. The van der Waals surface area contributed by atoms with E-state index >= 15 is 0 Å². The summed E-state index contributed by atoms with van der Waals surface area (Å²) in [6, 6.07) is 6.70. The van der Waals surface area contributed by atoms with E-state index in [2.05, 4.69) is 0 Å². The molecule has 0 fully saturated rings. The number of nitrogens with one attached hydrogen (secondary N) is 1. The van der Waals surface area contributed by atoms with Crippen LogP contribution >= 0.6 is 11.6 Å². The summed E-state index contributed by atoms with van der Waals surface area (Å²) in [4.78, 5) is 10.0. The number of benzene rings is 1. The summed E-state index contributed by atoms with van der Waals surface area (Å²) in [6.45, 7) is 0. The second-order valence-electron chi connectivity index (χ2n) is 2.23. The molecule has 1 aromatic rings. The highest BCUT2D eigenvalue weighted by atomic mass is 35.5. The highest BCUT2D eigenvalue weighted by Crippen LogP contribution is 2.12. The topological polar surface area (TPSA) is 29.1 Å². The maximum absolute atomic E-state index is 11.8. The highest BCUT2D eigenvalue weighted by molar-refractivity contribution is 6.17. The molecule has 0 aliphatic rings. The van der Waals surface area contributed by atoms with Gasteiger partial charge in [-0.15, -0.1) is 16.0 Å². The monoisotopic (exact) mass is 187 g/mol. The number of anilines is 1. The van der Waals surface area contributed by atoms with E-state index in [4.69, 9.17) is 11.6 Å². The van der Waals surface area contributed by atoms with Crippen LogP contribution in [0.15, 0.2) is 24.3 Å². The maximum Gasteiger partial charge on any atom is 0.401 e. The summed E-state index contributed by atoms with van der Waals surface area (Å²) >= 11 is 5.53. The molecular weight excluding hydrogens is 181 g/mol. The minimum Gasteiger partial charge on any atom is -0.298 e. The van der Waals surface area contributed by atoms with Gasteiger partial charge in [-0.05, 0) is 17.7 Å². The average Bonchev–Trinajstić information content (AvgIpc) is 2.03. The maximum atomic E-state index is 11.8. The summed E-state index contributed by atoms with van der Waals surface area (Å²) in [5.74, 6) is 0.343. The quantitative estimate of drug-likeness (QED) is 0.431. The summed E-state index contributed by atoms with van der Waals surface area (Å²) in [5, 5.41) is 2.02. The van der Waals surface area contributed by atoms with Gasteiger partial charge < -0.3 is 0 Å². The van der Waals surface area contributed by atoms with Crippen molar-refractivity contribution in [3.05, 3.63) is 29.8 Å². The molecule has 0 unspecified atom stereocenters. The Hall–Kier alpha value is -1.09. The van der Waals surface area contributed by atoms with E-state index < -0.39 is 6.16 Å². The van der Waals surface area contributed by atoms with Crippen molar-refractivity contribution in [1.82, 2.24) is 0 Å². The molecule has 0 aliphatic heterocycles. The van der Waals surface area contributed by atoms with Crippen LogP contribution in [0.25, 0.3) is 0 Å². The number of amides is 1. The summed E-state index contributed by atoms with van der Waals surface area (Å²) in [5.41, 5.74) is 1.25. The van der Waals surface area contributed by atoms with Crippen LogP contribution in [0.3, 0.4) is 0 Å². The van der Waals surface area contributed by atoms with Crippen molar-refractivity contribution < 1.29 is 9.18 Å². The van der Waals surface area contributed by atoms with Gasteiger partial charge in [0, 0.05) is 11.6 Å². The molecule has 12 heavy (non-hydrogen) atoms. The number of carbonyl (C=O) groups excluding carboxylic acids is 1. The van der Waals surface area contributed by atoms with Crippen molar-refractivity contribution in [2.45, 2.75) is 5.88 Å². The minimum absolute atomic E-state index is 0.343. The van der Waals surface area contributed by atoms with Gasteiger partial charge in [0.2, 0.25) is 0 Å². The predicted octanol–water partition coefficient (Wildman–Crippen LogP) is 2.93. The molecule has 2 nitrogen and oxygen atoms in total. The molecule has 1 N–H and O–H groups in total. The van der Waals surface area contributed by atoms with Crippen molar-refractivity contribution in [2.24, 2.45) is 0 Å². The zero-order valence-electron chi connectivity index (χ0n) is 6.18. The SMILES string of the molecule is O=C(F)Nc1cccc(CCl)c1. The van der Waals surface area contributed by atoms with E-state index in [9.17, 15) is 9.18 Å². The molecule has 0 atom stereocenters. The number of rotatable bonds is 2. The zero-order valence-corrected chi connectivity index (χ0v) is 6.94. The fourth-order valence-corrected chi connectivity index (χ4v) is 1.01. The van der Waals surface area contributed by atoms with Crippen LogP contribution in [0.5, 0.6) is 0 Å². The third-order valence-electron chi connectivity index (χ3n) is 1.32. The van der Waals surface area contributed by atoms with Crippen LogP contribution in [-0.4, -0.2) is 6.16 Å². The van der Waals surface area contributed by atoms with Crippen LogP contribution in [-0.2, 0) is 5.88 Å². The van der Waals surface area contributed by atoms with Crippen LogP contribution < -0.4 is 5.32 Å². The van der Waals surface area contributed by atoms with Crippen molar-refractivity contribution >= 4 is 23.4 Å². The van der Waals surface area contributed by atoms with Crippen LogP contribution in [0.2, 0.25) is 0 Å². The van der Waals surface area contributed by atoms with Crippen molar-refractivity contribution in [3.63, 3.8) is 0 Å². The molecule has 0 spiro atoms. The zero-order chi connectivity index (χ0) is 8.97. The molecule has 64 valence electrons. The third kappa shape index (κ3) is 2.51. The minimum atomic E-state index is -1.57. The van der Waals surface area contributed by atoms with Gasteiger partial charge in [0.1, 0.15) is 0 Å². The van der Waals surface area contributed by atoms with Gasteiger partial charge in [0.25, 0.3) is 0 Å². The Balaban J connectivity index is 2.79. The first kappa shape index (κ1) is 9.00. The Bertz CT molecular complexity index is 290. The molecule has 0 saturated heterocycles. The van der Waals surface area contributed by atoms with E-state index in [1.807, 2.05) is 5.32 Å². The first-order chi connectivity index (χ1) is 5.72. The number of carbonyl (C=O) groups is 1. The molecule has 0 aromatic heterocycles. The normalized spacial score (nSPS) is 9.50. The Morgan fingerprint density at radius 1 is 1.58 bits per heavy atom. The van der Waals surface area contributed by atoms with E-state index in [0.717, 1.165) is 5.56 Å². The highest BCUT2D eigenvalue weighted by Gasteiger charge is 1.98. The number of hydrogen-bond acceptors (Lipinski definition) is 1. The van der Waals surface area contributed by atoms with Gasteiger partial charge in [-0.3, -0.25) is 5.32 Å². The van der Waals surface area contributed by atoms with Gasteiger partial charge >= 0.3 is 6.16 Å². The Morgan fingerprint density at radius 2 is 2.33 bits per heavy atom. The Kier molecular flexibility index (Phi) is 3.05. The lowest BCUT2D eigenvalue weighted by Crippen LogP contribution is -2.01. The lowest BCUT2D eigenvalue weighted by molar-refractivity contribution is 0.235. The van der Waals surface area contributed by atoms with Crippen LogP contribution in [0, 0.1) is 0 Å². The molecule has 0 aliphatic carbocycles. The molecule has 0 saturated carbocycles. The number of hydrogen-bond donors (Lipinski definition) is 1.